The van der Waals surface area contributed by atoms with Crippen LogP contribution in [0.25, 0.3) is 0 Å². The summed E-state index contributed by atoms with van der Waals surface area (Å²) < 4.78 is 7.46. The van der Waals surface area contributed by atoms with Crippen molar-refractivity contribution in [2.24, 2.45) is 0 Å². The van der Waals surface area contributed by atoms with Gasteiger partial charge in [0, 0.05) is 27.4 Å². The van der Waals surface area contributed by atoms with Crippen molar-refractivity contribution in [3.63, 3.8) is 0 Å². The molecule has 1 aliphatic carbocycles. The predicted molar refractivity (Wildman–Crippen MR) is 94.3 cm³/mol. The van der Waals surface area contributed by atoms with Gasteiger partial charge in [0.2, 0.25) is 0 Å². The first-order valence-electron chi connectivity index (χ1n) is 7.93. The molecule has 0 saturated heterocycles. The van der Waals surface area contributed by atoms with E-state index in [-0.39, 0.29) is 0 Å². The van der Waals surface area contributed by atoms with Gasteiger partial charge in [-0.25, -0.2) is 0 Å². The molecule has 1 saturated carbocycles. The minimum absolute atomic E-state index is 0.431. The Morgan fingerprint density at radius 1 is 1.33 bits per heavy atom. The van der Waals surface area contributed by atoms with Gasteiger partial charge >= 0.3 is 0 Å². The van der Waals surface area contributed by atoms with E-state index in [9.17, 15) is 0 Å². The van der Waals surface area contributed by atoms with Crippen LogP contribution in [0.5, 0.6) is 5.75 Å². The SMILES string of the molecule is CSC1(CNC2CCCOc3cc(Br)ccc32)CCCC1. The Balaban J connectivity index is 1.73. The number of thioether (sulfide) groups is 1. The summed E-state index contributed by atoms with van der Waals surface area (Å²) in [5.74, 6) is 1.05. The Labute approximate surface area is 140 Å². The van der Waals surface area contributed by atoms with E-state index < -0.39 is 0 Å². The molecule has 0 spiro atoms. The van der Waals surface area contributed by atoms with Crippen LogP contribution in [-0.2, 0) is 0 Å². The summed E-state index contributed by atoms with van der Waals surface area (Å²) in [4.78, 5) is 0. The molecule has 4 heteroatoms. The van der Waals surface area contributed by atoms with Crippen LogP contribution in [0.2, 0.25) is 0 Å². The Hall–Kier alpha value is -0.190. The molecule has 1 N–H and O–H groups in total. The summed E-state index contributed by atoms with van der Waals surface area (Å²) in [5.41, 5.74) is 1.32. The van der Waals surface area contributed by atoms with E-state index >= 15 is 0 Å². The molecule has 0 amide bonds. The molecule has 1 fully saturated rings. The van der Waals surface area contributed by atoms with Gasteiger partial charge in [-0.3, -0.25) is 0 Å². The quantitative estimate of drug-likeness (QED) is 0.812. The van der Waals surface area contributed by atoms with Gasteiger partial charge in [-0.15, -0.1) is 0 Å². The third kappa shape index (κ3) is 3.59. The van der Waals surface area contributed by atoms with Crippen molar-refractivity contribution in [3.8, 4) is 5.75 Å². The maximum atomic E-state index is 5.91. The van der Waals surface area contributed by atoms with Crippen LogP contribution < -0.4 is 10.1 Å². The van der Waals surface area contributed by atoms with Crippen molar-refractivity contribution in [1.82, 2.24) is 5.32 Å². The van der Waals surface area contributed by atoms with Crippen LogP contribution in [-0.4, -0.2) is 24.2 Å². The van der Waals surface area contributed by atoms with Crippen molar-refractivity contribution in [1.29, 1.82) is 0 Å². The number of fused-ring (bicyclic) bond motifs is 1. The molecular weight excluding hydrogens is 346 g/mol. The van der Waals surface area contributed by atoms with Crippen LogP contribution in [0.15, 0.2) is 22.7 Å². The van der Waals surface area contributed by atoms with Crippen LogP contribution in [0, 0.1) is 0 Å². The smallest absolute Gasteiger partial charge is 0.125 e. The van der Waals surface area contributed by atoms with Crippen LogP contribution in [0.1, 0.15) is 50.1 Å². The van der Waals surface area contributed by atoms with Crippen LogP contribution in [0.3, 0.4) is 0 Å². The third-order valence-electron chi connectivity index (χ3n) is 4.86. The summed E-state index contributed by atoms with van der Waals surface area (Å²) in [6, 6.07) is 6.88. The van der Waals surface area contributed by atoms with Gasteiger partial charge < -0.3 is 10.1 Å². The highest BCUT2D eigenvalue weighted by molar-refractivity contribution is 9.10. The molecule has 0 aromatic heterocycles. The highest BCUT2D eigenvalue weighted by Gasteiger charge is 2.33. The molecule has 2 aliphatic rings. The van der Waals surface area contributed by atoms with E-state index in [1.807, 2.05) is 0 Å². The number of rotatable bonds is 4. The summed E-state index contributed by atoms with van der Waals surface area (Å²) in [7, 11) is 0. The molecule has 1 aromatic carbocycles. The lowest BCUT2D eigenvalue weighted by atomic mass is 10.00. The zero-order valence-corrected chi connectivity index (χ0v) is 15.1. The van der Waals surface area contributed by atoms with Crippen molar-refractivity contribution in [2.45, 2.75) is 49.3 Å². The number of ether oxygens (including phenoxy) is 1. The molecule has 0 radical (unpaired) electrons. The molecule has 1 heterocycles. The second-order valence-electron chi connectivity index (χ2n) is 6.20. The zero-order chi connectivity index (χ0) is 14.7. The zero-order valence-electron chi connectivity index (χ0n) is 12.7. The summed E-state index contributed by atoms with van der Waals surface area (Å²) in [6.07, 6.45) is 10.1. The first-order valence-corrected chi connectivity index (χ1v) is 9.95. The van der Waals surface area contributed by atoms with Gasteiger partial charge in [-0.1, -0.05) is 34.8 Å². The Bertz CT molecular complexity index is 488. The van der Waals surface area contributed by atoms with E-state index in [0.717, 1.165) is 29.8 Å². The second-order valence-corrected chi connectivity index (χ2v) is 8.39. The van der Waals surface area contributed by atoms with E-state index in [1.54, 1.807) is 0 Å². The fraction of sp³-hybridized carbons (Fsp3) is 0.647. The Morgan fingerprint density at radius 3 is 2.90 bits per heavy atom. The van der Waals surface area contributed by atoms with Crippen LogP contribution >= 0.6 is 27.7 Å². The maximum absolute atomic E-state index is 5.91. The molecule has 2 nitrogen and oxygen atoms in total. The Kier molecular flexibility index (Phi) is 5.18. The molecule has 0 bridgehead atoms. The third-order valence-corrected chi connectivity index (χ3v) is 6.78. The molecular formula is C17H24BrNOS. The summed E-state index contributed by atoms with van der Waals surface area (Å²) in [6.45, 7) is 1.95. The molecule has 3 rings (SSSR count). The highest BCUT2D eigenvalue weighted by atomic mass is 79.9. The van der Waals surface area contributed by atoms with Gasteiger partial charge in [-0.2, -0.15) is 11.8 Å². The molecule has 1 aromatic rings. The summed E-state index contributed by atoms with van der Waals surface area (Å²) >= 11 is 5.60. The van der Waals surface area contributed by atoms with Gasteiger partial charge in [0.15, 0.2) is 0 Å². The van der Waals surface area contributed by atoms with Gasteiger partial charge in [0.1, 0.15) is 5.75 Å². The lowest BCUT2D eigenvalue weighted by Crippen LogP contribution is -2.37. The summed E-state index contributed by atoms with van der Waals surface area (Å²) in [5, 5.41) is 3.85. The Morgan fingerprint density at radius 2 is 2.14 bits per heavy atom. The van der Waals surface area contributed by atoms with Crippen molar-refractivity contribution in [2.75, 3.05) is 19.4 Å². The van der Waals surface area contributed by atoms with Gasteiger partial charge in [0.25, 0.3) is 0 Å². The molecule has 21 heavy (non-hydrogen) atoms. The number of halogens is 1. The number of nitrogens with one attached hydrogen (secondary N) is 1. The second kappa shape index (κ2) is 6.93. The monoisotopic (exact) mass is 369 g/mol. The highest BCUT2D eigenvalue weighted by Crippen LogP contribution is 2.41. The minimum Gasteiger partial charge on any atom is -0.493 e. The average Bonchev–Trinajstić information content (AvgIpc) is 2.88. The normalized spacial score (nSPS) is 24.2. The lowest BCUT2D eigenvalue weighted by molar-refractivity contribution is 0.314. The topological polar surface area (TPSA) is 21.3 Å². The first-order chi connectivity index (χ1) is 10.2. The fourth-order valence-electron chi connectivity index (χ4n) is 3.54. The fourth-order valence-corrected chi connectivity index (χ4v) is 4.80. The first kappa shape index (κ1) is 15.7. The molecule has 1 unspecified atom stereocenters. The standard InChI is InChI=1S/C17H24BrNOS/c1-21-17(8-2-3-9-17)12-19-15-5-4-10-20-16-11-13(18)6-7-14(15)16/h6-7,11,15,19H,2-5,8-10,12H2,1H3. The molecule has 1 aliphatic heterocycles. The average molecular weight is 370 g/mol. The van der Waals surface area contributed by atoms with Crippen molar-refractivity contribution < 1.29 is 4.74 Å². The lowest BCUT2D eigenvalue weighted by Gasteiger charge is -2.30. The van der Waals surface area contributed by atoms with Crippen molar-refractivity contribution in [3.05, 3.63) is 28.2 Å². The largest absolute Gasteiger partial charge is 0.493 e. The molecule has 116 valence electrons. The number of hydrogen-bond donors (Lipinski definition) is 1. The maximum Gasteiger partial charge on any atom is 0.125 e. The van der Waals surface area contributed by atoms with E-state index in [2.05, 4.69) is 57.5 Å². The van der Waals surface area contributed by atoms with E-state index in [1.165, 1.54) is 37.7 Å². The predicted octanol–water partition coefficient (Wildman–Crippen LogP) is 4.93. The molecule has 1 atom stereocenters. The van der Waals surface area contributed by atoms with Gasteiger partial charge in [0.05, 0.1) is 6.61 Å². The van der Waals surface area contributed by atoms with E-state index in [0.29, 0.717) is 10.8 Å². The minimum atomic E-state index is 0.431. The van der Waals surface area contributed by atoms with Gasteiger partial charge in [-0.05, 0) is 44.1 Å². The number of benzene rings is 1. The van der Waals surface area contributed by atoms with Crippen LogP contribution in [0.4, 0.5) is 0 Å². The number of hydrogen-bond acceptors (Lipinski definition) is 3. The van der Waals surface area contributed by atoms with Crippen molar-refractivity contribution >= 4 is 27.7 Å². The van der Waals surface area contributed by atoms with E-state index in [4.69, 9.17) is 4.74 Å².